The van der Waals surface area contributed by atoms with Crippen LogP contribution in [0.15, 0.2) is 12.1 Å². The average molecular weight is 487 g/mol. The van der Waals surface area contributed by atoms with Gasteiger partial charge >= 0.3 is 0 Å². The summed E-state index contributed by atoms with van der Waals surface area (Å²) in [5.74, 6) is -3.90. The Morgan fingerprint density at radius 2 is 1.77 bits per heavy atom. The van der Waals surface area contributed by atoms with Crippen LogP contribution in [0.2, 0.25) is 0 Å². The molecule has 2 amide bonds. The first-order chi connectivity index (χ1) is 13.8. The zero-order valence-electron chi connectivity index (χ0n) is 16.8. The highest BCUT2D eigenvalue weighted by Gasteiger charge is 2.35. The van der Waals surface area contributed by atoms with Crippen molar-refractivity contribution in [3.63, 3.8) is 0 Å². The molecule has 2 atom stereocenters. The Bertz CT molecular complexity index is 769. The summed E-state index contributed by atoms with van der Waals surface area (Å²) in [4.78, 5) is 28.7. The number of halogens is 5. The van der Waals surface area contributed by atoms with Gasteiger partial charge in [-0.15, -0.1) is 24.8 Å². The molecule has 0 aromatic heterocycles. The molecule has 2 aliphatic rings. The standard InChI is InChI=1S/C19H25F3N4O3.2ClH/c20-14-10-16(22)15(21)8-12(14)7-13(23)9-18(27)26-2-1-24-19(28)17(26)11-25-3-5-29-6-4-25;;/h8,10,13,17H,1-7,9,11,23H2,(H,24,28);2*1H/t13-,17-;;/m1../s1. The minimum Gasteiger partial charge on any atom is -0.379 e. The van der Waals surface area contributed by atoms with Gasteiger partial charge in [-0.25, -0.2) is 13.2 Å². The Hall–Kier alpha value is -1.59. The van der Waals surface area contributed by atoms with Gasteiger partial charge in [0.15, 0.2) is 11.6 Å². The third-order valence-corrected chi connectivity index (χ3v) is 5.19. The number of hydrogen-bond donors (Lipinski definition) is 2. The molecule has 0 spiro atoms. The van der Waals surface area contributed by atoms with E-state index in [4.69, 9.17) is 10.5 Å². The zero-order chi connectivity index (χ0) is 21.0. The van der Waals surface area contributed by atoms with Crippen LogP contribution in [0.5, 0.6) is 0 Å². The van der Waals surface area contributed by atoms with Crippen molar-refractivity contribution in [2.45, 2.75) is 24.9 Å². The SMILES string of the molecule is Cl.Cl.N[C@@H](CC(=O)N1CCNC(=O)[C@H]1CN1CCOCC1)Cc1cc(F)c(F)cc1F. The molecular formula is C19H27Cl2F3N4O3. The van der Waals surface area contributed by atoms with Crippen LogP contribution in [-0.4, -0.2) is 79.6 Å². The highest BCUT2D eigenvalue weighted by atomic mass is 35.5. The van der Waals surface area contributed by atoms with E-state index in [-0.39, 0.29) is 55.0 Å². The van der Waals surface area contributed by atoms with Crippen LogP contribution in [0, 0.1) is 17.5 Å². The predicted molar refractivity (Wildman–Crippen MR) is 113 cm³/mol. The van der Waals surface area contributed by atoms with Gasteiger partial charge in [0, 0.05) is 51.3 Å². The van der Waals surface area contributed by atoms with Crippen molar-refractivity contribution in [1.29, 1.82) is 0 Å². The third kappa shape index (κ3) is 7.21. The maximum atomic E-state index is 13.8. The molecule has 2 saturated heterocycles. The number of ether oxygens (including phenoxy) is 1. The average Bonchev–Trinajstić information content (AvgIpc) is 2.68. The fourth-order valence-electron chi connectivity index (χ4n) is 3.64. The fourth-order valence-corrected chi connectivity index (χ4v) is 3.64. The quantitative estimate of drug-likeness (QED) is 0.582. The fraction of sp³-hybridized carbons (Fsp3) is 0.579. The zero-order valence-corrected chi connectivity index (χ0v) is 18.5. The van der Waals surface area contributed by atoms with E-state index in [1.54, 1.807) is 0 Å². The number of morpholine rings is 1. The van der Waals surface area contributed by atoms with Crippen molar-refractivity contribution in [1.82, 2.24) is 15.1 Å². The van der Waals surface area contributed by atoms with Gasteiger partial charge in [-0.1, -0.05) is 0 Å². The summed E-state index contributed by atoms with van der Waals surface area (Å²) in [5, 5.41) is 2.77. The first-order valence-electron chi connectivity index (χ1n) is 9.61. The molecule has 176 valence electrons. The Balaban J connectivity index is 0.00000240. The van der Waals surface area contributed by atoms with Gasteiger partial charge in [-0.2, -0.15) is 0 Å². The molecule has 2 fully saturated rings. The number of amides is 2. The van der Waals surface area contributed by atoms with E-state index >= 15 is 0 Å². The summed E-state index contributed by atoms with van der Waals surface area (Å²) in [6.07, 6.45) is -0.256. The van der Waals surface area contributed by atoms with E-state index in [9.17, 15) is 22.8 Å². The number of carbonyl (C=O) groups is 2. The van der Waals surface area contributed by atoms with Gasteiger partial charge in [0.05, 0.1) is 13.2 Å². The number of rotatable bonds is 6. The number of nitrogens with one attached hydrogen (secondary N) is 1. The second-order valence-corrected chi connectivity index (χ2v) is 7.33. The largest absolute Gasteiger partial charge is 0.379 e. The van der Waals surface area contributed by atoms with E-state index in [0.717, 1.165) is 6.07 Å². The normalized spacial score (nSPS) is 20.3. The number of carbonyl (C=O) groups excluding carboxylic acids is 2. The number of hydrogen-bond acceptors (Lipinski definition) is 5. The van der Waals surface area contributed by atoms with Gasteiger partial charge in [0.25, 0.3) is 0 Å². The lowest BCUT2D eigenvalue weighted by atomic mass is 10.0. The summed E-state index contributed by atoms with van der Waals surface area (Å²) in [7, 11) is 0. The molecule has 2 aliphatic heterocycles. The molecular weight excluding hydrogens is 460 g/mol. The Morgan fingerprint density at radius 3 is 2.45 bits per heavy atom. The Morgan fingerprint density at radius 1 is 1.13 bits per heavy atom. The smallest absolute Gasteiger partial charge is 0.244 e. The van der Waals surface area contributed by atoms with Gasteiger partial charge in [-0.3, -0.25) is 14.5 Å². The molecule has 0 unspecified atom stereocenters. The number of piperazine rings is 1. The van der Waals surface area contributed by atoms with E-state index in [1.165, 1.54) is 4.90 Å². The monoisotopic (exact) mass is 486 g/mol. The molecule has 1 aromatic carbocycles. The number of nitrogens with two attached hydrogens (primary N) is 1. The second-order valence-electron chi connectivity index (χ2n) is 7.33. The first-order valence-corrected chi connectivity index (χ1v) is 9.61. The van der Waals surface area contributed by atoms with Gasteiger partial charge < -0.3 is 20.7 Å². The lowest BCUT2D eigenvalue weighted by Gasteiger charge is -2.39. The minimum absolute atomic E-state index is 0. The van der Waals surface area contributed by atoms with E-state index in [1.807, 2.05) is 0 Å². The van der Waals surface area contributed by atoms with Crippen molar-refractivity contribution < 1.29 is 27.5 Å². The molecule has 2 heterocycles. The van der Waals surface area contributed by atoms with Crippen LogP contribution in [0.3, 0.4) is 0 Å². The second kappa shape index (κ2) is 12.4. The van der Waals surface area contributed by atoms with Crippen LogP contribution in [0.1, 0.15) is 12.0 Å². The van der Waals surface area contributed by atoms with Crippen molar-refractivity contribution >= 4 is 36.6 Å². The molecule has 0 aliphatic carbocycles. The highest BCUT2D eigenvalue weighted by Crippen LogP contribution is 2.17. The minimum atomic E-state index is -1.28. The summed E-state index contributed by atoms with van der Waals surface area (Å²) in [6, 6.07) is -0.214. The van der Waals surface area contributed by atoms with Crippen molar-refractivity contribution in [2.75, 3.05) is 45.9 Å². The van der Waals surface area contributed by atoms with Gasteiger partial charge in [0.1, 0.15) is 11.9 Å². The molecule has 31 heavy (non-hydrogen) atoms. The molecule has 3 rings (SSSR count). The topological polar surface area (TPSA) is 87.9 Å². The molecule has 0 radical (unpaired) electrons. The van der Waals surface area contributed by atoms with Crippen molar-refractivity contribution in [3.8, 4) is 0 Å². The first kappa shape index (κ1) is 27.4. The molecule has 3 N–H and O–H groups in total. The summed E-state index contributed by atoms with van der Waals surface area (Å²) < 4.78 is 45.6. The Kier molecular flexibility index (Phi) is 11.0. The van der Waals surface area contributed by atoms with Gasteiger partial charge in [-0.05, 0) is 18.1 Å². The number of benzene rings is 1. The van der Waals surface area contributed by atoms with Crippen molar-refractivity contribution in [3.05, 3.63) is 35.1 Å². The van der Waals surface area contributed by atoms with Crippen molar-refractivity contribution in [2.24, 2.45) is 5.73 Å². The highest BCUT2D eigenvalue weighted by molar-refractivity contribution is 5.89. The number of nitrogens with zero attached hydrogens (tertiary/aromatic N) is 2. The van der Waals surface area contributed by atoms with E-state index in [0.29, 0.717) is 52.0 Å². The predicted octanol–water partition coefficient (Wildman–Crippen LogP) is 0.867. The van der Waals surface area contributed by atoms with E-state index < -0.39 is 29.5 Å². The maximum Gasteiger partial charge on any atom is 0.244 e. The summed E-state index contributed by atoms with van der Waals surface area (Å²) in [5.41, 5.74) is 5.88. The van der Waals surface area contributed by atoms with Gasteiger partial charge in [0.2, 0.25) is 11.8 Å². The van der Waals surface area contributed by atoms with Crippen LogP contribution >= 0.6 is 24.8 Å². The van der Waals surface area contributed by atoms with Crippen LogP contribution < -0.4 is 11.1 Å². The molecule has 0 saturated carbocycles. The maximum absolute atomic E-state index is 13.8. The Labute approximate surface area is 191 Å². The van der Waals surface area contributed by atoms with Crippen LogP contribution in [0.25, 0.3) is 0 Å². The lowest BCUT2D eigenvalue weighted by Crippen LogP contribution is -2.61. The third-order valence-electron chi connectivity index (χ3n) is 5.19. The molecule has 0 bridgehead atoms. The van der Waals surface area contributed by atoms with E-state index in [2.05, 4.69) is 10.2 Å². The van der Waals surface area contributed by atoms with Crippen LogP contribution in [-0.2, 0) is 20.7 Å². The summed E-state index contributed by atoms with van der Waals surface area (Å²) in [6.45, 7) is 3.61. The van der Waals surface area contributed by atoms with Crippen LogP contribution in [0.4, 0.5) is 13.2 Å². The molecule has 1 aromatic rings. The lowest BCUT2D eigenvalue weighted by molar-refractivity contribution is -0.144. The molecule has 12 heteroatoms. The summed E-state index contributed by atoms with van der Waals surface area (Å²) >= 11 is 0. The molecule has 7 nitrogen and oxygen atoms in total.